The maximum Gasteiger partial charge on any atom is 0.263 e. The van der Waals surface area contributed by atoms with E-state index < -0.39 is 15.8 Å². The summed E-state index contributed by atoms with van der Waals surface area (Å²) in [6.45, 7) is 3.57. The topological polar surface area (TPSA) is 59.1 Å². The van der Waals surface area contributed by atoms with Crippen molar-refractivity contribution in [2.75, 3.05) is 4.72 Å². The van der Waals surface area contributed by atoms with E-state index in [0.29, 0.717) is 11.3 Å². The van der Waals surface area contributed by atoms with Gasteiger partial charge in [-0.3, -0.25) is 4.72 Å². The zero-order valence-electron chi connectivity index (χ0n) is 14.1. The molecule has 0 aliphatic carbocycles. The number of benzene rings is 2. The van der Waals surface area contributed by atoms with Gasteiger partial charge in [0.15, 0.2) is 0 Å². The van der Waals surface area contributed by atoms with E-state index in [1.165, 1.54) is 18.2 Å². The average Bonchev–Trinajstić information content (AvgIpc) is 2.57. The number of hydrogen-bond acceptors (Lipinski definition) is 3. The van der Waals surface area contributed by atoms with E-state index in [0.717, 1.165) is 11.1 Å². The number of hydrogen-bond donors (Lipinski definition) is 1. The Morgan fingerprint density at radius 1 is 1.04 bits per heavy atom. The Morgan fingerprint density at radius 3 is 2.46 bits per heavy atom. The van der Waals surface area contributed by atoms with E-state index in [4.69, 9.17) is 11.6 Å². The predicted molar refractivity (Wildman–Crippen MR) is 101 cm³/mol. The Balaban J connectivity index is 1.94. The van der Waals surface area contributed by atoms with Gasteiger partial charge in [0.05, 0.1) is 9.92 Å². The summed E-state index contributed by atoms with van der Waals surface area (Å²) in [4.78, 5) is 4.27. The summed E-state index contributed by atoms with van der Waals surface area (Å²) < 4.78 is 41.0. The highest BCUT2D eigenvalue weighted by Crippen LogP contribution is 2.29. The van der Waals surface area contributed by atoms with Crippen LogP contribution in [0.25, 0.3) is 11.1 Å². The fraction of sp³-hybridized carbons (Fsp3) is 0.105. The van der Waals surface area contributed by atoms with Gasteiger partial charge in [0.25, 0.3) is 10.0 Å². The molecule has 4 nitrogen and oxygen atoms in total. The van der Waals surface area contributed by atoms with Crippen molar-refractivity contribution in [3.63, 3.8) is 0 Å². The smallest absolute Gasteiger partial charge is 0.263 e. The molecule has 0 bridgehead atoms. The van der Waals surface area contributed by atoms with Crippen LogP contribution in [0.2, 0.25) is 5.02 Å². The molecule has 7 heteroatoms. The molecular formula is C19H16ClFN2O2S. The van der Waals surface area contributed by atoms with E-state index in [1.807, 2.05) is 0 Å². The number of nitrogens with one attached hydrogen (secondary N) is 1. The minimum absolute atomic E-state index is 0.0192. The molecule has 0 saturated carbocycles. The first-order valence-electron chi connectivity index (χ1n) is 7.79. The van der Waals surface area contributed by atoms with Crippen LogP contribution in [0.5, 0.6) is 0 Å². The highest BCUT2D eigenvalue weighted by Gasteiger charge is 2.17. The number of aromatic nitrogens is 1. The molecule has 26 heavy (non-hydrogen) atoms. The third kappa shape index (κ3) is 3.86. The Bertz CT molecular complexity index is 1080. The third-order valence-corrected chi connectivity index (χ3v) is 5.51. The molecule has 1 N–H and O–H groups in total. The van der Waals surface area contributed by atoms with Crippen molar-refractivity contribution >= 4 is 27.4 Å². The van der Waals surface area contributed by atoms with Crippen LogP contribution in [0, 0.1) is 19.7 Å². The van der Waals surface area contributed by atoms with Gasteiger partial charge in [-0.25, -0.2) is 17.8 Å². The van der Waals surface area contributed by atoms with Gasteiger partial charge in [-0.2, -0.15) is 0 Å². The highest BCUT2D eigenvalue weighted by atomic mass is 35.5. The summed E-state index contributed by atoms with van der Waals surface area (Å²) in [5, 5.41) is 0.0192. The highest BCUT2D eigenvalue weighted by molar-refractivity contribution is 7.92. The standard InChI is InChI=1S/C19H16ClFN2O2S/c1-12-10-15(26(24,25)23-19-5-3-4-13(2)22-19)7-8-16(12)14-6-9-18(21)17(20)11-14/h3-11H,1-2H3,(H,22,23). The fourth-order valence-electron chi connectivity index (χ4n) is 2.59. The van der Waals surface area contributed by atoms with Crippen molar-refractivity contribution in [1.82, 2.24) is 4.98 Å². The van der Waals surface area contributed by atoms with Crippen molar-refractivity contribution in [1.29, 1.82) is 0 Å². The maximum atomic E-state index is 13.3. The number of anilines is 1. The summed E-state index contributed by atoms with van der Waals surface area (Å²) in [5.41, 5.74) is 2.93. The molecule has 0 amide bonds. The molecule has 1 heterocycles. The SMILES string of the molecule is Cc1cccc(NS(=O)(=O)c2ccc(-c3ccc(F)c(Cl)c3)c(C)c2)n1. The van der Waals surface area contributed by atoms with Gasteiger partial charge in [-0.1, -0.05) is 29.8 Å². The minimum atomic E-state index is -3.76. The van der Waals surface area contributed by atoms with E-state index in [9.17, 15) is 12.8 Å². The summed E-state index contributed by atoms with van der Waals surface area (Å²) in [5.74, 6) is -0.237. The first-order valence-corrected chi connectivity index (χ1v) is 9.65. The monoisotopic (exact) mass is 390 g/mol. The van der Waals surface area contributed by atoms with Gasteiger partial charge < -0.3 is 0 Å². The van der Waals surface area contributed by atoms with Gasteiger partial charge in [0.2, 0.25) is 0 Å². The number of nitrogens with zero attached hydrogens (tertiary/aromatic N) is 1. The van der Waals surface area contributed by atoms with Crippen LogP contribution in [-0.4, -0.2) is 13.4 Å². The first-order chi connectivity index (χ1) is 12.3. The van der Waals surface area contributed by atoms with E-state index >= 15 is 0 Å². The molecule has 0 radical (unpaired) electrons. The Kier molecular flexibility index (Phi) is 4.98. The largest absolute Gasteiger partial charge is 0.263 e. The van der Waals surface area contributed by atoms with Crippen molar-refractivity contribution in [2.24, 2.45) is 0 Å². The lowest BCUT2D eigenvalue weighted by Crippen LogP contribution is -2.14. The van der Waals surface area contributed by atoms with E-state index in [-0.39, 0.29) is 15.7 Å². The van der Waals surface area contributed by atoms with Gasteiger partial charge >= 0.3 is 0 Å². The van der Waals surface area contributed by atoms with Crippen LogP contribution in [0.4, 0.5) is 10.2 Å². The minimum Gasteiger partial charge on any atom is -0.263 e. The Labute approximate surface area is 156 Å². The average molecular weight is 391 g/mol. The van der Waals surface area contributed by atoms with Crippen molar-refractivity contribution in [3.8, 4) is 11.1 Å². The zero-order chi connectivity index (χ0) is 18.9. The molecule has 1 aromatic heterocycles. The molecule has 0 fully saturated rings. The van der Waals surface area contributed by atoms with Crippen LogP contribution >= 0.6 is 11.6 Å². The number of rotatable bonds is 4. The molecule has 0 saturated heterocycles. The van der Waals surface area contributed by atoms with Gasteiger partial charge in [-0.05, 0) is 66.9 Å². The normalized spacial score (nSPS) is 11.4. The first kappa shape index (κ1) is 18.4. The van der Waals surface area contributed by atoms with Crippen LogP contribution in [0.1, 0.15) is 11.3 Å². The van der Waals surface area contributed by atoms with Crippen LogP contribution in [-0.2, 0) is 10.0 Å². The van der Waals surface area contributed by atoms with Crippen molar-refractivity contribution in [2.45, 2.75) is 18.7 Å². The molecule has 0 unspecified atom stereocenters. The lowest BCUT2D eigenvalue weighted by Gasteiger charge is -2.11. The maximum absolute atomic E-state index is 13.3. The Morgan fingerprint density at radius 2 is 1.81 bits per heavy atom. The molecular weight excluding hydrogens is 375 g/mol. The van der Waals surface area contributed by atoms with Gasteiger partial charge in [-0.15, -0.1) is 0 Å². The molecule has 0 aliphatic rings. The predicted octanol–water partition coefficient (Wildman–Crippen LogP) is 4.96. The number of halogens is 2. The number of pyridine rings is 1. The molecule has 0 spiro atoms. The molecule has 0 atom stereocenters. The van der Waals surface area contributed by atoms with E-state index in [1.54, 1.807) is 50.2 Å². The Hall–Kier alpha value is -2.44. The molecule has 3 aromatic rings. The number of sulfonamides is 1. The second kappa shape index (κ2) is 7.05. The molecule has 0 aliphatic heterocycles. The lowest BCUT2D eigenvalue weighted by molar-refractivity contribution is 0.601. The summed E-state index contributed by atoms with van der Waals surface area (Å²) in [6, 6.07) is 14.2. The van der Waals surface area contributed by atoms with E-state index in [2.05, 4.69) is 9.71 Å². The van der Waals surface area contributed by atoms with Crippen LogP contribution in [0.15, 0.2) is 59.5 Å². The third-order valence-electron chi connectivity index (χ3n) is 3.87. The number of aryl methyl sites for hydroxylation is 2. The second-order valence-electron chi connectivity index (χ2n) is 5.88. The molecule has 3 rings (SSSR count). The summed E-state index contributed by atoms with van der Waals surface area (Å²) in [7, 11) is -3.76. The van der Waals surface area contributed by atoms with Crippen molar-refractivity contribution in [3.05, 3.63) is 76.7 Å². The van der Waals surface area contributed by atoms with Crippen LogP contribution in [0.3, 0.4) is 0 Å². The fourth-order valence-corrected chi connectivity index (χ4v) is 3.85. The van der Waals surface area contributed by atoms with Crippen LogP contribution < -0.4 is 4.72 Å². The van der Waals surface area contributed by atoms with Crippen molar-refractivity contribution < 1.29 is 12.8 Å². The van der Waals surface area contributed by atoms with Gasteiger partial charge in [0, 0.05) is 5.69 Å². The lowest BCUT2D eigenvalue weighted by atomic mass is 10.0. The molecule has 134 valence electrons. The van der Waals surface area contributed by atoms with Gasteiger partial charge in [0.1, 0.15) is 11.6 Å². The molecule has 2 aromatic carbocycles. The summed E-state index contributed by atoms with van der Waals surface area (Å²) in [6.07, 6.45) is 0. The second-order valence-corrected chi connectivity index (χ2v) is 7.96. The quantitative estimate of drug-likeness (QED) is 0.685. The zero-order valence-corrected chi connectivity index (χ0v) is 15.7. The summed E-state index contributed by atoms with van der Waals surface area (Å²) >= 11 is 5.84.